The maximum absolute atomic E-state index is 14.1. The molecule has 0 saturated heterocycles. The van der Waals surface area contributed by atoms with Gasteiger partial charge in [-0.2, -0.15) is 0 Å². The first-order valence-corrected chi connectivity index (χ1v) is 8.61. The van der Waals surface area contributed by atoms with Crippen molar-refractivity contribution in [2.45, 2.75) is 40.3 Å². The highest BCUT2D eigenvalue weighted by Crippen LogP contribution is 2.32. The summed E-state index contributed by atoms with van der Waals surface area (Å²) in [7, 11) is 0. The Morgan fingerprint density at radius 3 is 2.62 bits per heavy atom. The zero-order valence-electron chi connectivity index (χ0n) is 14.6. The molecule has 0 amide bonds. The molecule has 0 spiro atoms. The molecule has 0 aliphatic heterocycles. The number of hydrogen-bond acceptors (Lipinski definition) is 3. The number of nitrogens with one attached hydrogen (secondary N) is 1. The van der Waals surface area contributed by atoms with E-state index in [0.717, 1.165) is 5.56 Å². The smallest absolute Gasteiger partial charge is 0.146 e. The lowest BCUT2D eigenvalue weighted by Gasteiger charge is -2.18. The topological polar surface area (TPSA) is 34.1 Å². The van der Waals surface area contributed by atoms with Gasteiger partial charge in [0.25, 0.3) is 0 Å². The number of pyridine rings is 1. The summed E-state index contributed by atoms with van der Waals surface area (Å²) in [6.45, 7) is 9.16. The summed E-state index contributed by atoms with van der Waals surface area (Å²) in [4.78, 5) is 4.48. The third kappa shape index (κ3) is 4.68. The van der Waals surface area contributed by atoms with E-state index in [2.05, 4.69) is 31.1 Å². The van der Waals surface area contributed by atoms with E-state index in [0.29, 0.717) is 41.2 Å². The highest BCUT2D eigenvalue weighted by molar-refractivity contribution is 6.30. The van der Waals surface area contributed by atoms with E-state index >= 15 is 0 Å². The Labute approximate surface area is 148 Å². The molecule has 0 unspecified atom stereocenters. The van der Waals surface area contributed by atoms with Crippen LogP contribution in [0, 0.1) is 11.7 Å². The molecule has 0 bridgehead atoms. The fourth-order valence-corrected chi connectivity index (χ4v) is 2.41. The van der Waals surface area contributed by atoms with Gasteiger partial charge < -0.3 is 10.1 Å². The van der Waals surface area contributed by atoms with Crippen molar-refractivity contribution in [3.05, 3.63) is 46.9 Å². The standard InChI is InChI=1S/C19H24ClFN2O/c1-5-24-19-9-6-14(20)10-15(19)17-8-7-16(21)18(23-17)11-22-13(4)12(2)3/h6-10,12-13,22H,5,11H2,1-4H3/t13-/m1/s1. The summed E-state index contributed by atoms with van der Waals surface area (Å²) in [6, 6.07) is 8.74. The minimum atomic E-state index is -0.317. The molecule has 1 aromatic heterocycles. The Hall–Kier alpha value is -1.65. The number of ether oxygens (including phenoxy) is 1. The maximum atomic E-state index is 14.1. The van der Waals surface area contributed by atoms with Gasteiger partial charge in [-0.15, -0.1) is 0 Å². The van der Waals surface area contributed by atoms with E-state index < -0.39 is 0 Å². The third-order valence-electron chi connectivity index (χ3n) is 4.03. The number of benzene rings is 1. The average molecular weight is 351 g/mol. The Balaban J connectivity index is 2.32. The number of rotatable bonds is 7. The highest BCUT2D eigenvalue weighted by atomic mass is 35.5. The van der Waals surface area contributed by atoms with Crippen molar-refractivity contribution in [2.24, 2.45) is 5.92 Å². The van der Waals surface area contributed by atoms with Crippen LogP contribution in [0.15, 0.2) is 30.3 Å². The summed E-state index contributed by atoms with van der Waals surface area (Å²) in [6.07, 6.45) is 0. The number of halogens is 2. The Morgan fingerprint density at radius 2 is 1.96 bits per heavy atom. The van der Waals surface area contributed by atoms with Crippen LogP contribution in [0.5, 0.6) is 5.75 Å². The molecule has 0 fully saturated rings. The molecule has 2 rings (SSSR count). The second kappa shape index (κ2) is 8.45. The van der Waals surface area contributed by atoms with Crippen LogP contribution in [-0.4, -0.2) is 17.6 Å². The molecule has 0 radical (unpaired) electrons. The lowest BCUT2D eigenvalue weighted by atomic mass is 10.1. The fraction of sp³-hybridized carbons (Fsp3) is 0.421. The summed E-state index contributed by atoms with van der Waals surface area (Å²) in [5, 5.41) is 3.90. The van der Waals surface area contributed by atoms with Crippen LogP contribution in [0.1, 0.15) is 33.4 Å². The van der Waals surface area contributed by atoms with Crippen molar-refractivity contribution in [1.29, 1.82) is 0 Å². The molecule has 24 heavy (non-hydrogen) atoms. The van der Waals surface area contributed by atoms with Gasteiger partial charge in [0.15, 0.2) is 0 Å². The van der Waals surface area contributed by atoms with Crippen molar-refractivity contribution in [3.63, 3.8) is 0 Å². The van der Waals surface area contributed by atoms with Crippen LogP contribution in [-0.2, 0) is 6.54 Å². The van der Waals surface area contributed by atoms with E-state index in [1.807, 2.05) is 13.0 Å². The molecular formula is C19H24ClFN2O. The van der Waals surface area contributed by atoms with Gasteiger partial charge in [0, 0.05) is 23.2 Å². The normalized spacial score (nSPS) is 12.5. The van der Waals surface area contributed by atoms with Crippen molar-refractivity contribution in [2.75, 3.05) is 6.61 Å². The molecule has 0 saturated carbocycles. The first-order valence-electron chi connectivity index (χ1n) is 8.23. The van der Waals surface area contributed by atoms with Gasteiger partial charge in [0.05, 0.1) is 18.0 Å². The van der Waals surface area contributed by atoms with Crippen molar-refractivity contribution in [1.82, 2.24) is 10.3 Å². The lowest BCUT2D eigenvalue weighted by molar-refractivity contribution is 0.341. The van der Waals surface area contributed by atoms with Crippen molar-refractivity contribution < 1.29 is 9.13 Å². The third-order valence-corrected chi connectivity index (χ3v) is 4.26. The monoisotopic (exact) mass is 350 g/mol. The molecule has 3 nitrogen and oxygen atoms in total. The Kier molecular flexibility index (Phi) is 6.58. The van der Waals surface area contributed by atoms with Crippen LogP contribution >= 0.6 is 11.6 Å². The number of aromatic nitrogens is 1. The van der Waals surface area contributed by atoms with Gasteiger partial charge in [-0.3, -0.25) is 0 Å². The average Bonchev–Trinajstić information content (AvgIpc) is 2.55. The molecule has 1 atom stereocenters. The van der Waals surface area contributed by atoms with Gasteiger partial charge in [0.2, 0.25) is 0 Å². The SMILES string of the molecule is CCOc1ccc(Cl)cc1-c1ccc(F)c(CN[C@H](C)C(C)C)n1. The molecule has 5 heteroatoms. The van der Waals surface area contributed by atoms with Crippen molar-refractivity contribution >= 4 is 11.6 Å². The minimum Gasteiger partial charge on any atom is -0.493 e. The van der Waals surface area contributed by atoms with E-state index in [9.17, 15) is 4.39 Å². The lowest BCUT2D eigenvalue weighted by Crippen LogP contribution is -2.30. The second-order valence-electron chi connectivity index (χ2n) is 6.11. The zero-order valence-corrected chi connectivity index (χ0v) is 15.3. The Morgan fingerprint density at radius 1 is 1.21 bits per heavy atom. The van der Waals surface area contributed by atoms with Gasteiger partial charge >= 0.3 is 0 Å². The van der Waals surface area contributed by atoms with E-state index in [4.69, 9.17) is 16.3 Å². The summed E-state index contributed by atoms with van der Waals surface area (Å²) >= 11 is 6.11. The predicted molar refractivity (Wildman–Crippen MR) is 96.9 cm³/mol. The number of nitrogens with zero attached hydrogens (tertiary/aromatic N) is 1. The molecule has 130 valence electrons. The van der Waals surface area contributed by atoms with Gasteiger partial charge in [-0.25, -0.2) is 9.37 Å². The van der Waals surface area contributed by atoms with Gasteiger partial charge in [0.1, 0.15) is 11.6 Å². The number of hydrogen-bond donors (Lipinski definition) is 1. The molecule has 0 aliphatic rings. The van der Waals surface area contributed by atoms with Gasteiger partial charge in [-0.05, 0) is 50.1 Å². The first-order chi connectivity index (χ1) is 11.4. The van der Waals surface area contributed by atoms with Crippen LogP contribution in [0.25, 0.3) is 11.3 Å². The van der Waals surface area contributed by atoms with Crippen LogP contribution in [0.4, 0.5) is 4.39 Å². The molecule has 2 aromatic rings. The molecule has 1 heterocycles. The first kappa shape index (κ1) is 18.7. The van der Waals surface area contributed by atoms with Crippen molar-refractivity contribution in [3.8, 4) is 17.0 Å². The van der Waals surface area contributed by atoms with Crippen LogP contribution < -0.4 is 10.1 Å². The largest absolute Gasteiger partial charge is 0.493 e. The van der Waals surface area contributed by atoms with Crippen LogP contribution in [0.3, 0.4) is 0 Å². The van der Waals surface area contributed by atoms with E-state index in [-0.39, 0.29) is 11.9 Å². The summed E-state index contributed by atoms with van der Waals surface area (Å²) in [5.74, 6) is 0.839. The maximum Gasteiger partial charge on any atom is 0.146 e. The molecule has 1 aromatic carbocycles. The molecule has 0 aliphatic carbocycles. The highest BCUT2D eigenvalue weighted by Gasteiger charge is 2.13. The van der Waals surface area contributed by atoms with Gasteiger partial charge in [-0.1, -0.05) is 25.4 Å². The summed E-state index contributed by atoms with van der Waals surface area (Å²) < 4.78 is 19.7. The molecule has 1 N–H and O–H groups in total. The fourth-order valence-electron chi connectivity index (χ4n) is 2.24. The quantitative estimate of drug-likeness (QED) is 0.756. The summed E-state index contributed by atoms with van der Waals surface area (Å²) in [5.41, 5.74) is 1.81. The van der Waals surface area contributed by atoms with E-state index in [1.165, 1.54) is 6.07 Å². The molecular weight excluding hydrogens is 327 g/mol. The minimum absolute atomic E-state index is 0.278. The second-order valence-corrected chi connectivity index (χ2v) is 6.55. The predicted octanol–water partition coefficient (Wildman–Crippen LogP) is 5.07. The Bertz CT molecular complexity index is 691. The zero-order chi connectivity index (χ0) is 17.7. The van der Waals surface area contributed by atoms with E-state index in [1.54, 1.807) is 18.2 Å². The van der Waals surface area contributed by atoms with Crippen LogP contribution in [0.2, 0.25) is 5.02 Å².